The molecule has 1 amide bonds. The molecule has 0 radical (unpaired) electrons. The summed E-state index contributed by atoms with van der Waals surface area (Å²) in [7, 11) is 3.26. The minimum absolute atomic E-state index is 0.0112. The van der Waals surface area contributed by atoms with Gasteiger partial charge in [-0.05, 0) is 31.0 Å². The lowest BCUT2D eigenvalue weighted by Crippen LogP contribution is -2.46. The summed E-state index contributed by atoms with van der Waals surface area (Å²) in [6.07, 6.45) is 9.56. The summed E-state index contributed by atoms with van der Waals surface area (Å²) in [6, 6.07) is 5.88. The second-order valence-electron chi connectivity index (χ2n) is 7.31. The minimum Gasteiger partial charge on any atom is -0.493 e. The Morgan fingerprint density at radius 2 is 1.86 bits per heavy atom. The van der Waals surface area contributed by atoms with Crippen LogP contribution in [0.3, 0.4) is 0 Å². The highest BCUT2D eigenvalue weighted by Crippen LogP contribution is 2.39. The maximum Gasteiger partial charge on any atom is 0.246 e. The molecular formula is C21H26N4O3. The quantitative estimate of drug-likeness (QED) is 0.770. The zero-order valence-electron chi connectivity index (χ0n) is 16.4. The number of rotatable bonds is 6. The third-order valence-electron chi connectivity index (χ3n) is 5.73. The van der Waals surface area contributed by atoms with Crippen LogP contribution in [0.2, 0.25) is 0 Å². The van der Waals surface area contributed by atoms with Gasteiger partial charge in [-0.3, -0.25) is 4.79 Å². The van der Waals surface area contributed by atoms with Crippen LogP contribution in [0, 0.1) is 11.8 Å². The lowest BCUT2D eigenvalue weighted by Gasteiger charge is -2.38. The number of benzene rings is 1. The van der Waals surface area contributed by atoms with Gasteiger partial charge in [0.15, 0.2) is 11.5 Å². The summed E-state index contributed by atoms with van der Waals surface area (Å²) < 4.78 is 12.8. The molecule has 1 fully saturated rings. The number of hydrogen-bond donors (Lipinski definition) is 0. The fourth-order valence-electron chi connectivity index (χ4n) is 4.26. The van der Waals surface area contributed by atoms with Crippen molar-refractivity contribution in [2.24, 2.45) is 16.9 Å². The molecule has 7 nitrogen and oxygen atoms in total. The van der Waals surface area contributed by atoms with Crippen LogP contribution in [0.4, 0.5) is 0 Å². The number of amides is 1. The summed E-state index contributed by atoms with van der Waals surface area (Å²) in [5, 5.41) is 6.47. The molecule has 0 saturated heterocycles. The van der Waals surface area contributed by atoms with E-state index >= 15 is 0 Å². The summed E-state index contributed by atoms with van der Waals surface area (Å²) in [4.78, 5) is 17.1. The average molecular weight is 382 g/mol. The van der Waals surface area contributed by atoms with Crippen LogP contribution in [0.25, 0.3) is 0 Å². The van der Waals surface area contributed by atoms with Crippen molar-refractivity contribution in [1.29, 1.82) is 0 Å². The second kappa shape index (κ2) is 8.04. The number of nitrogens with zero attached hydrogens (tertiary/aromatic N) is 4. The Morgan fingerprint density at radius 3 is 2.57 bits per heavy atom. The molecule has 1 aromatic heterocycles. The molecule has 0 spiro atoms. The van der Waals surface area contributed by atoms with E-state index < -0.39 is 0 Å². The molecule has 1 aromatic carbocycles. The second-order valence-corrected chi connectivity index (χ2v) is 7.31. The Kier molecular flexibility index (Phi) is 5.32. The molecule has 0 unspecified atom stereocenters. The number of carbonyl (C=O) groups excluding carboxylic acids is 1. The van der Waals surface area contributed by atoms with Gasteiger partial charge < -0.3 is 14.0 Å². The van der Waals surface area contributed by atoms with Crippen LogP contribution in [0.15, 0.2) is 42.0 Å². The number of aromatic nitrogens is 2. The SMILES string of the molecule is COc1ccc(C2=NN(CCn3ccnc3)C(=O)[C@@H]3CCCC[C@H]23)cc1OC. The molecule has 7 heteroatoms. The van der Waals surface area contributed by atoms with E-state index in [1.54, 1.807) is 31.8 Å². The molecule has 1 saturated carbocycles. The number of imidazole rings is 1. The van der Waals surface area contributed by atoms with E-state index in [-0.39, 0.29) is 17.7 Å². The largest absolute Gasteiger partial charge is 0.493 e. The van der Waals surface area contributed by atoms with Crippen molar-refractivity contribution >= 4 is 11.6 Å². The van der Waals surface area contributed by atoms with Crippen molar-refractivity contribution < 1.29 is 14.3 Å². The van der Waals surface area contributed by atoms with E-state index in [1.807, 2.05) is 29.0 Å². The molecule has 1 aliphatic heterocycles. The van der Waals surface area contributed by atoms with Crippen molar-refractivity contribution in [1.82, 2.24) is 14.6 Å². The Labute approximate surface area is 165 Å². The number of carbonyl (C=O) groups is 1. The van der Waals surface area contributed by atoms with Gasteiger partial charge in [-0.1, -0.05) is 12.8 Å². The van der Waals surface area contributed by atoms with Crippen molar-refractivity contribution in [3.05, 3.63) is 42.5 Å². The molecule has 2 atom stereocenters. The van der Waals surface area contributed by atoms with Gasteiger partial charge in [0.1, 0.15) is 0 Å². The molecule has 2 aromatic rings. The lowest BCUT2D eigenvalue weighted by molar-refractivity contribution is -0.139. The Bertz CT molecular complexity index is 863. The van der Waals surface area contributed by atoms with Gasteiger partial charge in [-0.2, -0.15) is 5.10 Å². The van der Waals surface area contributed by atoms with Crippen LogP contribution in [-0.2, 0) is 11.3 Å². The molecule has 2 aliphatic rings. The molecule has 28 heavy (non-hydrogen) atoms. The number of hydrogen-bond acceptors (Lipinski definition) is 5. The first kappa shape index (κ1) is 18.5. The van der Waals surface area contributed by atoms with Gasteiger partial charge in [0.2, 0.25) is 5.91 Å². The van der Waals surface area contributed by atoms with Crippen molar-refractivity contribution in [2.45, 2.75) is 32.2 Å². The fraction of sp³-hybridized carbons (Fsp3) is 0.476. The van der Waals surface area contributed by atoms with Crippen LogP contribution < -0.4 is 9.47 Å². The highest BCUT2D eigenvalue weighted by Gasteiger charge is 2.41. The van der Waals surface area contributed by atoms with Crippen LogP contribution in [-0.4, -0.2) is 46.9 Å². The van der Waals surface area contributed by atoms with Crippen molar-refractivity contribution in [3.8, 4) is 11.5 Å². The molecule has 2 heterocycles. The summed E-state index contributed by atoms with van der Waals surface area (Å²) in [5.41, 5.74) is 1.98. The Morgan fingerprint density at radius 1 is 1.07 bits per heavy atom. The van der Waals surface area contributed by atoms with Gasteiger partial charge in [0.05, 0.1) is 32.8 Å². The Hall–Kier alpha value is -2.83. The summed E-state index contributed by atoms with van der Waals surface area (Å²) >= 11 is 0. The summed E-state index contributed by atoms with van der Waals surface area (Å²) in [5.74, 6) is 1.70. The van der Waals surface area contributed by atoms with Crippen molar-refractivity contribution in [3.63, 3.8) is 0 Å². The number of fused-ring (bicyclic) bond motifs is 1. The first-order chi connectivity index (χ1) is 13.7. The highest BCUT2D eigenvalue weighted by molar-refractivity contribution is 6.07. The number of hydrazone groups is 1. The van der Waals surface area contributed by atoms with Gasteiger partial charge in [0, 0.05) is 36.3 Å². The molecule has 0 bridgehead atoms. The van der Waals surface area contributed by atoms with E-state index in [9.17, 15) is 4.79 Å². The monoisotopic (exact) mass is 382 g/mol. The average Bonchev–Trinajstić information content (AvgIpc) is 3.26. The molecule has 0 N–H and O–H groups in total. The molecule has 1 aliphatic carbocycles. The molecule has 4 rings (SSSR count). The predicted octanol–water partition coefficient (Wildman–Crippen LogP) is 2.95. The van der Waals surface area contributed by atoms with Crippen LogP contribution in [0.1, 0.15) is 31.2 Å². The van der Waals surface area contributed by atoms with Crippen molar-refractivity contribution in [2.75, 3.05) is 20.8 Å². The normalized spacial score (nSPS) is 21.9. The predicted molar refractivity (Wildman–Crippen MR) is 105 cm³/mol. The maximum atomic E-state index is 13.1. The molecular weight excluding hydrogens is 356 g/mol. The maximum absolute atomic E-state index is 13.1. The van der Waals surface area contributed by atoms with E-state index in [1.165, 1.54) is 0 Å². The number of methoxy groups -OCH3 is 2. The minimum atomic E-state index is 0.0112. The van der Waals surface area contributed by atoms with E-state index in [4.69, 9.17) is 14.6 Å². The topological polar surface area (TPSA) is 69.0 Å². The first-order valence-electron chi connectivity index (χ1n) is 9.79. The zero-order valence-corrected chi connectivity index (χ0v) is 16.4. The Balaban J connectivity index is 1.67. The highest BCUT2D eigenvalue weighted by atomic mass is 16.5. The van der Waals surface area contributed by atoms with Gasteiger partial charge >= 0.3 is 0 Å². The van der Waals surface area contributed by atoms with Gasteiger partial charge in [0.25, 0.3) is 0 Å². The van der Waals surface area contributed by atoms with Gasteiger partial charge in [-0.15, -0.1) is 0 Å². The van der Waals surface area contributed by atoms with E-state index in [0.717, 1.165) is 37.0 Å². The van der Waals surface area contributed by atoms with Crippen LogP contribution >= 0.6 is 0 Å². The smallest absolute Gasteiger partial charge is 0.246 e. The first-order valence-corrected chi connectivity index (χ1v) is 9.79. The fourth-order valence-corrected chi connectivity index (χ4v) is 4.26. The van der Waals surface area contributed by atoms with Crippen LogP contribution in [0.5, 0.6) is 11.5 Å². The van der Waals surface area contributed by atoms with Gasteiger partial charge in [-0.25, -0.2) is 9.99 Å². The lowest BCUT2D eigenvalue weighted by atomic mass is 9.73. The molecule has 148 valence electrons. The standard InChI is InChI=1S/C21H26N4O3/c1-27-18-8-7-15(13-19(18)28-2)20-16-5-3-4-6-17(16)21(26)25(23-20)12-11-24-10-9-22-14-24/h7-10,13-14,16-17H,3-6,11-12H2,1-2H3/t16-,17+/m0/s1. The van der Waals surface area contributed by atoms with E-state index in [0.29, 0.717) is 24.6 Å². The number of ether oxygens (including phenoxy) is 2. The third kappa shape index (κ3) is 3.48. The zero-order chi connectivity index (χ0) is 19.5. The summed E-state index contributed by atoms with van der Waals surface area (Å²) in [6.45, 7) is 1.21. The third-order valence-corrected chi connectivity index (χ3v) is 5.73. The van der Waals surface area contributed by atoms with E-state index in [2.05, 4.69) is 4.98 Å².